The first-order chi connectivity index (χ1) is 11.1. The molecule has 7 heteroatoms. The highest BCUT2D eigenvalue weighted by molar-refractivity contribution is 5.94. The molecule has 0 saturated carbocycles. The maximum atomic E-state index is 12.2. The van der Waals surface area contributed by atoms with Gasteiger partial charge in [0.15, 0.2) is 0 Å². The summed E-state index contributed by atoms with van der Waals surface area (Å²) in [6, 6.07) is 6.96. The van der Waals surface area contributed by atoms with Crippen molar-refractivity contribution in [1.82, 2.24) is 16.0 Å². The first kappa shape index (κ1) is 20.4. The molecule has 3 N–H and O–H groups in total. The maximum Gasteiger partial charge on any atom is 0.251 e. The average Bonchev–Trinajstić information content (AvgIpc) is 2.58. The number of amides is 2. The molecule has 2 amide bonds. The third-order valence-electron chi connectivity index (χ3n) is 3.79. The number of rotatable bonds is 6. The molecule has 24 heavy (non-hydrogen) atoms. The van der Waals surface area contributed by atoms with Crippen molar-refractivity contribution in [2.45, 2.75) is 39.0 Å². The molecule has 134 valence electrons. The van der Waals surface area contributed by atoms with Crippen LogP contribution in [0.3, 0.4) is 0 Å². The smallest absolute Gasteiger partial charge is 0.251 e. The van der Waals surface area contributed by atoms with Gasteiger partial charge in [-0.05, 0) is 31.0 Å². The minimum Gasteiger partial charge on any atom is -0.375 e. The number of hydrogen-bond acceptors (Lipinski definition) is 4. The van der Waals surface area contributed by atoms with Crippen LogP contribution in [0.5, 0.6) is 0 Å². The summed E-state index contributed by atoms with van der Waals surface area (Å²) in [6.07, 6.45) is 0.755. The maximum absolute atomic E-state index is 12.2. The minimum absolute atomic E-state index is 0. The van der Waals surface area contributed by atoms with Crippen LogP contribution in [0.1, 0.15) is 36.2 Å². The normalized spacial score (nSPS) is 19.9. The molecule has 6 nitrogen and oxygen atoms in total. The van der Waals surface area contributed by atoms with Crippen LogP contribution in [0.25, 0.3) is 0 Å². The van der Waals surface area contributed by atoms with Crippen LogP contribution < -0.4 is 16.0 Å². The van der Waals surface area contributed by atoms with Crippen molar-refractivity contribution in [3.8, 4) is 0 Å². The Morgan fingerprint density at radius 3 is 2.83 bits per heavy atom. The monoisotopic (exact) mass is 355 g/mol. The molecule has 2 rings (SSSR count). The predicted octanol–water partition coefficient (Wildman–Crippen LogP) is 1.24. The summed E-state index contributed by atoms with van der Waals surface area (Å²) in [4.78, 5) is 24.2. The molecule has 0 bridgehead atoms. The molecule has 1 heterocycles. The number of halogens is 1. The fraction of sp³-hybridized carbons (Fsp3) is 0.529. The number of morpholine rings is 1. The van der Waals surface area contributed by atoms with Gasteiger partial charge in [0.05, 0.1) is 12.7 Å². The molecule has 0 aliphatic carbocycles. The van der Waals surface area contributed by atoms with Crippen molar-refractivity contribution in [1.29, 1.82) is 0 Å². The quantitative estimate of drug-likeness (QED) is 0.717. The van der Waals surface area contributed by atoms with Gasteiger partial charge in [-0.3, -0.25) is 9.59 Å². The second-order valence-corrected chi connectivity index (χ2v) is 5.68. The molecule has 1 fully saturated rings. The molecular formula is C17H26ClN3O3. The largest absolute Gasteiger partial charge is 0.375 e. The number of ether oxygens (including phenoxy) is 1. The van der Waals surface area contributed by atoms with Crippen LogP contribution in [-0.2, 0) is 16.1 Å². The Morgan fingerprint density at radius 2 is 2.12 bits per heavy atom. The summed E-state index contributed by atoms with van der Waals surface area (Å²) < 4.78 is 5.48. The summed E-state index contributed by atoms with van der Waals surface area (Å²) in [5, 5.41) is 8.90. The molecule has 0 aromatic heterocycles. The molecular weight excluding hydrogens is 330 g/mol. The van der Waals surface area contributed by atoms with E-state index in [0.29, 0.717) is 31.8 Å². The zero-order valence-electron chi connectivity index (χ0n) is 14.1. The number of carbonyl (C=O) groups is 2. The van der Waals surface area contributed by atoms with E-state index in [4.69, 9.17) is 4.74 Å². The minimum atomic E-state index is -0.334. The molecule has 0 radical (unpaired) electrons. The summed E-state index contributed by atoms with van der Waals surface area (Å²) in [7, 11) is 0. The fourth-order valence-corrected chi connectivity index (χ4v) is 2.49. The van der Waals surface area contributed by atoms with Gasteiger partial charge in [0.25, 0.3) is 5.91 Å². The SMILES string of the molecule is CCCNC(=O)c1cccc(CNC(=O)[C@H]2NCCO[C@@H]2C)c1.Cl. The number of carbonyl (C=O) groups excluding carboxylic acids is 2. The van der Waals surface area contributed by atoms with Gasteiger partial charge < -0.3 is 20.7 Å². The average molecular weight is 356 g/mol. The molecule has 1 saturated heterocycles. The summed E-state index contributed by atoms with van der Waals surface area (Å²) in [5.74, 6) is -0.172. The third kappa shape index (κ3) is 5.78. The van der Waals surface area contributed by atoms with Gasteiger partial charge in [-0.25, -0.2) is 0 Å². The van der Waals surface area contributed by atoms with E-state index in [0.717, 1.165) is 12.0 Å². The standard InChI is InChI=1S/C17H25N3O3.ClH/c1-3-7-19-16(21)14-6-4-5-13(10-14)11-20-17(22)15-12(2)23-9-8-18-15;/h4-6,10,12,15,18H,3,7-9,11H2,1-2H3,(H,19,21)(H,20,22);1H/t12-,15+;/m1./s1. The van der Waals surface area contributed by atoms with E-state index >= 15 is 0 Å². The van der Waals surface area contributed by atoms with E-state index in [1.54, 1.807) is 12.1 Å². The zero-order valence-corrected chi connectivity index (χ0v) is 14.9. The number of hydrogen-bond donors (Lipinski definition) is 3. The Balaban J connectivity index is 0.00000288. The van der Waals surface area contributed by atoms with Crippen molar-refractivity contribution < 1.29 is 14.3 Å². The first-order valence-electron chi connectivity index (χ1n) is 8.11. The van der Waals surface area contributed by atoms with E-state index < -0.39 is 0 Å². The van der Waals surface area contributed by atoms with E-state index in [2.05, 4.69) is 16.0 Å². The number of benzene rings is 1. The molecule has 1 aliphatic heterocycles. The highest BCUT2D eigenvalue weighted by Gasteiger charge is 2.27. The van der Waals surface area contributed by atoms with E-state index in [9.17, 15) is 9.59 Å². The van der Waals surface area contributed by atoms with Gasteiger partial charge in [-0.1, -0.05) is 19.1 Å². The van der Waals surface area contributed by atoms with Gasteiger partial charge in [-0.2, -0.15) is 0 Å². The number of nitrogens with one attached hydrogen (secondary N) is 3. The lowest BCUT2D eigenvalue weighted by molar-refractivity contribution is -0.129. The van der Waals surface area contributed by atoms with Crippen LogP contribution in [0, 0.1) is 0 Å². The van der Waals surface area contributed by atoms with Gasteiger partial charge in [0.1, 0.15) is 6.04 Å². The lowest BCUT2D eigenvalue weighted by Gasteiger charge is -2.29. The van der Waals surface area contributed by atoms with Gasteiger partial charge in [-0.15, -0.1) is 12.4 Å². The highest BCUT2D eigenvalue weighted by Crippen LogP contribution is 2.07. The van der Waals surface area contributed by atoms with Crippen LogP contribution in [-0.4, -0.2) is 43.7 Å². The van der Waals surface area contributed by atoms with Crippen molar-refractivity contribution >= 4 is 24.2 Å². The Morgan fingerprint density at radius 1 is 1.33 bits per heavy atom. The van der Waals surface area contributed by atoms with E-state index in [-0.39, 0.29) is 36.4 Å². The summed E-state index contributed by atoms with van der Waals surface area (Å²) in [6.45, 7) is 6.24. The molecule has 0 unspecified atom stereocenters. The fourth-order valence-electron chi connectivity index (χ4n) is 2.49. The topological polar surface area (TPSA) is 79.5 Å². The highest BCUT2D eigenvalue weighted by atomic mass is 35.5. The summed E-state index contributed by atoms with van der Waals surface area (Å²) in [5.41, 5.74) is 1.50. The lowest BCUT2D eigenvalue weighted by atomic mass is 10.1. The van der Waals surface area contributed by atoms with Crippen molar-refractivity contribution in [3.05, 3.63) is 35.4 Å². The zero-order chi connectivity index (χ0) is 16.7. The van der Waals surface area contributed by atoms with Crippen LogP contribution in [0.2, 0.25) is 0 Å². The van der Waals surface area contributed by atoms with Crippen LogP contribution in [0.4, 0.5) is 0 Å². The van der Waals surface area contributed by atoms with Gasteiger partial charge in [0.2, 0.25) is 5.91 Å². The Bertz CT molecular complexity index is 554. The summed E-state index contributed by atoms with van der Waals surface area (Å²) >= 11 is 0. The lowest BCUT2D eigenvalue weighted by Crippen LogP contribution is -2.55. The third-order valence-corrected chi connectivity index (χ3v) is 3.79. The van der Waals surface area contributed by atoms with Gasteiger partial charge >= 0.3 is 0 Å². The van der Waals surface area contributed by atoms with Crippen LogP contribution in [0.15, 0.2) is 24.3 Å². The van der Waals surface area contributed by atoms with Gasteiger partial charge in [0, 0.05) is 25.2 Å². The molecule has 1 aliphatic rings. The Hall–Kier alpha value is -1.63. The van der Waals surface area contributed by atoms with Crippen molar-refractivity contribution in [3.63, 3.8) is 0 Å². The molecule has 0 spiro atoms. The second-order valence-electron chi connectivity index (χ2n) is 5.68. The second kappa shape index (κ2) is 10.3. The first-order valence-corrected chi connectivity index (χ1v) is 8.11. The predicted molar refractivity (Wildman–Crippen MR) is 95.4 cm³/mol. The molecule has 2 atom stereocenters. The van der Waals surface area contributed by atoms with E-state index in [1.807, 2.05) is 26.0 Å². The molecule has 1 aromatic carbocycles. The Kier molecular flexibility index (Phi) is 8.74. The Labute approximate surface area is 149 Å². The van der Waals surface area contributed by atoms with Crippen molar-refractivity contribution in [2.75, 3.05) is 19.7 Å². The molecule has 1 aromatic rings. The van der Waals surface area contributed by atoms with Crippen molar-refractivity contribution in [2.24, 2.45) is 0 Å². The van der Waals surface area contributed by atoms with E-state index in [1.165, 1.54) is 0 Å². The van der Waals surface area contributed by atoms with Crippen LogP contribution >= 0.6 is 12.4 Å².